The highest BCUT2D eigenvalue weighted by Gasteiger charge is 2.19. The van der Waals surface area contributed by atoms with Gasteiger partial charge in [-0.1, -0.05) is 19.9 Å². The number of methoxy groups -OCH3 is 1. The molecule has 0 radical (unpaired) electrons. The van der Waals surface area contributed by atoms with Gasteiger partial charge in [0.2, 0.25) is 0 Å². The molecule has 0 fully saturated rings. The van der Waals surface area contributed by atoms with Gasteiger partial charge in [-0.2, -0.15) is 0 Å². The van der Waals surface area contributed by atoms with Gasteiger partial charge in [-0.25, -0.2) is 0 Å². The van der Waals surface area contributed by atoms with E-state index in [1.807, 2.05) is 17.0 Å². The molecule has 0 aliphatic carbocycles. The summed E-state index contributed by atoms with van der Waals surface area (Å²) in [7, 11) is 1.66. The molecule has 1 aromatic carbocycles. The van der Waals surface area contributed by atoms with Crippen LogP contribution >= 0.6 is 0 Å². The van der Waals surface area contributed by atoms with Gasteiger partial charge in [-0.15, -0.1) is 0 Å². The van der Waals surface area contributed by atoms with Crippen LogP contribution in [0.1, 0.15) is 29.8 Å². The third-order valence-corrected chi connectivity index (χ3v) is 3.50. The monoisotopic (exact) mass is 276 g/mol. The second kappa shape index (κ2) is 6.75. The first-order valence-electron chi connectivity index (χ1n) is 7.27. The molecule has 1 amide bonds. The predicted octanol–water partition coefficient (Wildman–Crippen LogP) is 2.40. The molecule has 0 atom stereocenters. The van der Waals surface area contributed by atoms with Crippen molar-refractivity contribution in [3.8, 4) is 0 Å². The van der Waals surface area contributed by atoms with E-state index in [0.717, 1.165) is 30.8 Å². The van der Waals surface area contributed by atoms with Crippen LogP contribution in [0.4, 0.5) is 5.69 Å². The highest BCUT2D eigenvalue weighted by molar-refractivity contribution is 5.95. The third-order valence-electron chi connectivity index (χ3n) is 3.50. The molecular formula is C16H24N2O2. The van der Waals surface area contributed by atoms with Crippen LogP contribution in [0, 0.1) is 5.92 Å². The summed E-state index contributed by atoms with van der Waals surface area (Å²) in [5.41, 5.74) is 3.16. The lowest BCUT2D eigenvalue weighted by Crippen LogP contribution is -2.36. The molecule has 0 unspecified atom stereocenters. The molecule has 1 aromatic rings. The number of carbonyl (C=O) groups is 1. The van der Waals surface area contributed by atoms with Crippen molar-refractivity contribution in [1.82, 2.24) is 4.90 Å². The number of fused-ring (bicyclic) bond motifs is 1. The fourth-order valence-corrected chi connectivity index (χ4v) is 2.52. The normalized spacial score (nSPS) is 13.2. The van der Waals surface area contributed by atoms with Gasteiger partial charge in [0.15, 0.2) is 0 Å². The van der Waals surface area contributed by atoms with Crippen LogP contribution in [-0.4, -0.2) is 44.2 Å². The lowest BCUT2D eigenvalue weighted by Gasteiger charge is -2.24. The number of anilines is 1. The fraction of sp³-hybridized carbons (Fsp3) is 0.562. The molecule has 4 nitrogen and oxygen atoms in total. The third kappa shape index (κ3) is 3.51. The average molecular weight is 276 g/mol. The number of hydrogen-bond donors (Lipinski definition) is 1. The van der Waals surface area contributed by atoms with Crippen LogP contribution in [0.25, 0.3) is 0 Å². The van der Waals surface area contributed by atoms with Gasteiger partial charge >= 0.3 is 0 Å². The van der Waals surface area contributed by atoms with Crippen LogP contribution in [-0.2, 0) is 11.2 Å². The molecule has 20 heavy (non-hydrogen) atoms. The molecular weight excluding hydrogens is 252 g/mol. The minimum Gasteiger partial charge on any atom is -0.384 e. The molecule has 1 aliphatic rings. The van der Waals surface area contributed by atoms with E-state index in [4.69, 9.17) is 4.74 Å². The molecule has 1 aliphatic heterocycles. The number of nitrogens with zero attached hydrogens (tertiary/aromatic N) is 1. The SMILES string of the molecule is COCCN(CC(C)C)C(=O)c1ccc2c(c1)NCC2. The van der Waals surface area contributed by atoms with Crippen molar-refractivity contribution < 1.29 is 9.53 Å². The van der Waals surface area contributed by atoms with E-state index in [2.05, 4.69) is 25.2 Å². The lowest BCUT2D eigenvalue weighted by molar-refractivity contribution is 0.0672. The number of ether oxygens (including phenoxy) is 1. The van der Waals surface area contributed by atoms with Crippen molar-refractivity contribution in [3.63, 3.8) is 0 Å². The van der Waals surface area contributed by atoms with Crippen LogP contribution in [0.15, 0.2) is 18.2 Å². The van der Waals surface area contributed by atoms with E-state index in [1.165, 1.54) is 5.56 Å². The molecule has 1 N–H and O–H groups in total. The number of amides is 1. The Balaban J connectivity index is 2.13. The Bertz CT molecular complexity index is 472. The zero-order valence-electron chi connectivity index (χ0n) is 12.6. The van der Waals surface area contributed by atoms with E-state index < -0.39 is 0 Å². The van der Waals surface area contributed by atoms with Crippen LogP contribution in [0.2, 0.25) is 0 Å². The average Bonchev–Trinajstić information content (AvgIpc) is 2.89. The highest BCUT2D eigenvalue weighted by Crippen LogP contribution is 2.24. The Morgan fingerprint density at radius 1 is 1.45 bits per heavy atom. The highest BCUT2D eigenvalue weighted by atomic mass is 16.5. The summed E-state index contributed by atoms with van der Waals surface area (Å²) >= 11 is 0. The van der Waals surface area contributed by atoms with Crippen LogP contribution in [0.3, 0.4) is 0 Å². The van der Waals surface area contributed by atoms with Gasteiger partial charge in [-0.3, -0.25) is 4.79 Å². The van der Waals surface area contributed by atoms with E-state index in [1.54, 1.807) is 7.11 Å². The quantitative estimate of drug-likeness (QED) is 0.867. The lowest BCUT2D eigenvalue weighted by atomic mass is 10.1. The smallest absolute Gasteiger partial charge is 0.254 e. The second-order valence-electron chi connectivity index (χ2n) is 5.69. The van der Waals surface area contributed by atoms with Crippen molar-refractivity contribution in [1.29, 1.82) is 0 Å². The zero-order chi connectivity index (χ0) is 14.5. The molecule has 2 rings (SSSR count). The Labute approximate surface area is 121 Å². The maximum atomic E-state index is 12.6. The maximum absolute atomic E-state index is 12.6. The Kier molecular flexibility index (Phi) is 5.01. The number of benzene rings is 1. The van der Waals surface area contributed by atoms with Gasteiger partial charge in [0.25, 0.3) is 5.91 Å². The molecule has 110 valence electrons. The molecule has 0 bridgehead atoms. The zero-order valence-corrected chi connectivity index (χ0v) is 12.6. The summed E-state index contributed by atoms with van der Waals surface area (Å²) in [6.45, 7) is 7.17. The molecule has 0 aromatic heterocycles. The van der Waals surface area contributed by atoms with E-state index in [9.17, 15) is 4.79 Å². The molecule has 0 saturated heterocycles. The van der Waals surface area contributed by atoms with E-state index >= 15 is 0 Å². The van der Waals surface area contributed by atoms with Crippen LogP contribution < -0.4 is 5.32 Å². The summed E-state index contributed by atoms with van der Waals surface area (Å²) in [6.07, 6.45) is 1.04. The molecule has 1 heterocycles. The topological polar surface area (TPSA) is 41.6 Å². The number of carbonyl (C=O) groups excluding carboxylic acids is 1. The summed E-state index contributed by atoms with van der Waals surface area (Å²) in [5.74, 6) is 0.538. The Morgan fingerprint density at radius 3 is 2.95 bits per heavy atom. The van der Waals surface area contributed by atoms with Gasteiger partial charge in [0.05, 0.1) is 6.61 Å². The summed E-state index contributed by atoms with van der Waals surface area (Å²) in [5, 5.41) is 3.32. The minimum atomic E-state index is 0.0900. The van der Waals surface area contributed by atoms with Crippen molar-refractivity contribution in [3.05, 3.63) is 29.3 Å². The van der Waals surface area contributed by atoms with Gasteiger partial charge < -0.3 is 15.0 Å². The van der Waals surface area contributed by atoms with Gasteiger partial charge in [0.1, 0.15) is 0 Å². The first-order chi connectivity index (χ1) is 9.61. The van der Waals surface area contributed by atoms with E-state index in [-0.39, 0.29) is 5.91 Å². The first-order valence-corrected chi connectivity index (χ1v) is 7.27. The molecule has 0 saturated carbocycles. The maximum Gasteiger partial charge on any atom is 0.254 e. The summed E-state index contributed by atoms with van der Waals surface area (Å²) < 4.78 is 5.11. The predicted molar refractivity (Wildman–Crippen MR) is 81.3 cm³/mol. The van der Waals surface area contributed by atoms with Crippen molar-refractivity contribution in [2.24, 2.45) is 5.92 Å². The number of nitrogens with one attached hydrogen (secondary N) is 1. The van der Waals surface area contributed by atoms with Crippen molar-refractivity contribution in [2.45, 2.75) is 20.3 Å². The first kappa shape index (κ1) is 14.9. The number of hydrogen-bond acceptors (Lipinski definition) is 3. The second-order valence-corrected chi connectivity index (χ2v) is 5.69. The molecule has 0 spiro atoms. The number of rotatable bonds is 6. The largest absolute Gasteiger partial charge is 0.384 e. The van der Waals surface area contributed by atoms with Crippen LogP contribution in [0.5, 0.6) is 0 Å². The fourth-order valence-electron chi connectivity index (χ4n) is 2.52. The summed E-state index contributed by atoms with van der Waals surface area (Å²) in [4.78, 5) is 14.5. The Hall–Kier alpha value is -1.55. The molecule has 4 heteroatoms. The van der Waals surface area contributed by atoms with Gasteiger partial charge in [-0.05, 0) is 30.0 Å². The van der Waals surface area contributed by atoms with Crippen molar-refractivity contribution in [2.75, 3.05) is 38.7 Å². The summed E-state index contributed by atoms with van der Waals surface area (Å²) in [6, 6.07) is 5.98. The standard InChI is InChI=1S/C16H24N2O2/c1-12(2)11-18(8-9-20-3)16(19)14-5-4-13-6-7-17-15(13)10-14/h4-5,10,12,17H,6-9,11H2,1-3H3. The minimum absolute atomic E-state index is 0.0900. The van der Waals surface area contributed by atoms with Gasteiger partial charge in [0, 0.05) is 38.0 Å². The van der Waals surface area contributed by atoms with E-state index in [0.29, 0.717) is 19.1 Å². The Morgan fingerprint density at radius 2 is 2.25 bits per heavy atom. The van der Waals surface area contributed by atoms with Crippen molar-refractivity contribution >= 4 is 11.6 Å².